The van der Waals surface area contributed by atoms with Crippen molar-refractivity contribution in [3.8, 4) is 0 Å². The molecule has 0 amide bonds. The molecule has 0 aliphatic carbocycles. The maximum atomic E-state index is 12.3. The Hall–Kier alpha value is -1.99. The van der Waals surface area contributed by atoms with E-state index in [0.29, 0.717) is 4.88 Å². The molecule has 110 valence electrons. The van der Waals surface area contributed by atoms with E-state index in [2.05, 4.69) is 9.13 Å². The van der Waals surface area contributed by atoms with Crippen LogP contribution in [-0.4, -0.2) is 27.2 Å². The molecule has 1 heterocycles. The summed E-state index contributed by atoms with van der Waals surface area (Å²) in [5.41, 5.74) is 0.720. The van der Waals surface area contributed by atoms with Gasteiger partial charge in [-0.05, 0) is 30.5 Å². The standard InChI is InChI=1S/C14H13NO4S2/c1-10-5-7-11(8-6-10)21(17,18)15-13(14(16)19-2)12-4-3-9-20-12/h3-9H,1-2H3/b15-13+. The van der Waals surface area contributed by atoms with Crippen molar-refractivity contribution in [3.63, 3.8) is 0 Å². The quantitative estimate of drug-likeness (QED) is 0.640. The van der Waals surface area contributed by atoms with Crippen molar-refractivity contribution >= 4 is 33.0 Å². The van der Waals surface area contributed by atoms with Gasteiger partial charge < -0.3 is 4.74 Å². The van der Waals surface area contributed by atoms with Crippen molar-refractivity contribution in [2.45, 2.75) is 11.8 Å². The number of ether oxygens (including phenoxy) is 1. The number of rotatable bonds is 4. The Morgan fingerprint density at radius 2 is 1.86 bits per heavy atom. The van der Waals surface area contributed by atoms with Gasteiger partial charge in [-0.3, -0.25) is 0 Å². The van der Waals surface area contributed by atoms with E-state index in [0.717, 1.165) is 5.56 Å². The number of carbonyl (C=O) groups excluding carboxylic acids is 1. The van der Waals surface area contributed by atoms with Crippen molar-refractivity contribution in [2.75, 3.05) is 7.11 Å². The Balaban J connectivity index is 2.51. The molecule has 0 bridgehead atoms. The molecule has 21 heavy (non-hydrogen) atoms. The Labute approximate surface area is 127 Å². The van der Waals surface area contributed by atoms with Crippen LogP contribution >= 0.6 is 11.3 Å². The molecule has 0 radical (unpaired) electrons. The highest BCUT2D eigenvalue weighted by Crippen LogP contribution is 2.17. The van der Waals surface area contributed by atoms with E-state index in [1.54, 1.807) is 29.6 Å². The lowest BCUT2D eigenvalue weighted by Gasteiger charge is -2.04. The summed E-state index contributed by atoms with van der Waals surface area (Å²) in [7, 11) is -2.78. The number of thiophene rings is 1. The van der Waals surface area contributed by atoms with Gasteiger partial charge in [-0.2, -0.15) is 12.8 Å². The predicted octanol–water partition coefficient (Wildman–Crippen LogP) is 2.41. The minimum atomic E-state index is -3.96. The second-order valence-corrected chi connectivity index (χ2v) is 6.75. The first-order valence-electron chi connectivity index (χ1n) is 5.98. The number of methoxy groups -OCH3 is 1. The monoisotopic (exact) mass is 323 g/mol. The number of hydrogen-bond acceptors (Lipinski definition) is 5. The summed E-state index contributed by atoms with van der Waals surface area (Å²) in [4.78, 5) is 12.2. The van der Waals surface area contributed by atoms with Crippen molar-refractivity contribution < 1.29 is 17.9 Å². The Morgan fingerprint density at radius 3 is 2.38 bits per heavy atom. The number of carbonyl (C=O) groups is 1. The lowest BCUT2D eigenvalue weighted by Crippen LogP contribution is -2.18. The van der Waals surface area contributed by atoms with Crippen LogP contribution in [0.1, 0.15) is 10.4 Å². The van der Waals surface area contributed by atoms with Gasteiger partial charge in [0.25, 0.3) is 10.0 Å². The molecular weight excluding hydrogens is 310 g/mol. The molecule has 0 unspecified atom stereocenters. The van der Waals surface area contributed by atoms with Crippen molar-refractivity contribution in [3.05, 3.63) is 52.2 Å². The van der Waals surface area contributed by atoms with Crippen molar-refractivity contribution in [2.24, 2.45) is 4.40 Å². The number of aryl methyl sites for hydroxylation is 1. The lowest BCUT2D eigenvalue weighted by molar-refractivity contribution is -0.132. The third-order valence-electron chi connectivity index (χ3n) is 2.66. The van der Waals surface area contributed by atoms with E-state index in [1.165, 1.54) is 30.6 Å². The fourth-order valence-corrected chi connectivity index (χ4v) is 3.33. The van der Waals surface area contributed by atoms with Crippen LogP contribution in [0.25, 0.3) is 0 Å². The average Bonchev–Trinajstić information content (AvgIpc) is 2.98. The van der Waals surface area contributed by atoms with Gasteiger partial charge in [-0.15, -0.1) is 11.3 Å². The molecule has 2 aromatic rings. The first-order chi connectivity index (χ1) is 9.94. The van der Waals surface area contributed by atoms with Gasteiger partial charge >= 0.3 is 5.97 Å². The number of hydrogen-bond donors (Lipinski definition) is 0. The fraction of sp³-hybridized carbons (Fsp3) is 0.143. The van der Waals surface area contributed by atoms with Crippen LogP contribution in [0.4, 0.5) is 0 Å². The molecule has 5 nitrogen and oxygen atoms in total. The van der Waals surface area contributed by atoms with Crippen LogP contribution in [0, 0.1) is 6.92 Å². The third-order valence-corrected chi connectivity index (χ3v) is 4.83. The SMILES string of the molecule is COC(=O)/C(=N/S(=O)(=O)c1ccc(C)cc1)c1cccs1. The van der Waals surface area contributed by atoms with Gasteiger partial charge in [0.2, 0.25) is 0 Å². The van der Waals surface area contributed by atoms with E-state index >= 15 is 0 Å². The van der Waals surface area contributed by atoms with E-state index in [9.17, 15) is 13.2 Å². The average molecular weight is 323 g/mol. The smallest absolute Gasteiger partial charge is 0.359 e. The zero-order valence-corrected chi connectivity index (χ0v) is 13.1. The first-order valence-corrected chi connectivity index (χ1v) is 8.30. The number of benzene rings is 1. The molecule has 7 heteroatoms. The molecule has 1 aromatic carbocycles. The number of sulfonamides is 1. The third kappa shape index (κ3) is 3.56. The Kier molecular flexibility index (Phi) is 4.54. The first kappa shape index (κ1) is 15.4. The fourth-order valence-electron chi connectivity index (χ4n) is 1.58. The Morgan fingerprint density at radius 1 is 1.19 bits per heavy atom. The predicted molar refractivity (Wildman–Crippen MR) is 81.2 cm³/mol. The van der Waals surface area contributed by atoms with E-state index in [-0.39, 0.29) is 10.6 Å². The highest BCUT2D eigenvalue weighted by molar-refractivity contribution is 7.90. The van der Waals surface area contributed by atoms with Gasteiger partial charge in [0.05, 0.1) is 16.9 Å². The van der Waals surface area contributed by atoms with E-state index in [4.69, 9.17) is 0 Å². The molecular formula is C14H13NO4S2. The molecule has 0 aliphatic rings. The van der Waals surface area contributed by atoms with E-state index in [1.807, 2.05) is 6.92 Å². The molecule has 0 fully saturated rings. The minimum Gasteiger partial charge on any atom is -0.464 e. The summed E-state index contributed by atoms with van der Waals surface area (Å²) in [6, 6.07) is 9.58. The van der Waals surface area contributed by atoms with Crippen LogP contribution in [0.5, 0.6) is 0 Å². The van der Waals surface area contributed by atoms with Gasteiger partial charge in [-0.1, -0.05) is 23.8 Å². The van der Waals surface area contributed by atoms with Gasteiger partial charge in [0, 0.05) is 0 Å². The minimum absolute atomic E-state index is 0.0334. The highest BCUT2D eigenvalue weighted by atomic mass is 32.2. The molecule has 0 N–H and O–H groups in total. The molecule has 2 rings (SSSR count). The topological polar surface area (TPSA) is 72.8 Å². The summed E-state index contributed by atoms with van der Waals surface area (Å²) < 4.78 is 32.8. The second-order valence-electron chi connectivity index (χ2n) is 4.20. The van der Waals surface area contributed by atoms with Crippen LogP contribution in [0.2, 0.25) is 0 Å². The van der Waals surface area contributed by atoms with Crippen molar-refractivity contribution in [1.29, 1.82) is 0 Å². The van der Waals surface area contributed by atoms with E-state index < -0.39 is 16.0 Å². The van der Waals surface area contributed by atoms with Gasteiger partial charge in [0.15, 0.2) is 5.71 Å². The molecule has 0 saturated carbocycles. The largest absolute Gasteiger partial charge is 0.464 e. The molecule has 0 aliphatic heterocycles. The molecule has 0 atom stereocenters. The molecule has 0 spiro atoms. The van der Waals surface area contributed by atoms with Crippen LogP contribution in [0.15, 0.2) is 51.1 Å². The van der Waals surface area contributed by atoms with Crippen LogP contribution in [-0.2, 0) is 19.6 Å². The molecule has 0 saturated heterocycles. The van der Waals surface area contributed by atoms with Crippen LogP contribution in [0.3, 0.4) is 0 Å². The summed E-state index contributed by atoms with van der Waals surface area (Å²) in [6.45, 7) is 1.85. The van der Waals surface area contributed by atoms with Gasteiger partial charge in [0.1, 0.15) is 0 Å². The lowest BCUT2D eigenvalue weighted by atomic mass is 10.2. The maximum absolute atomic E-state index is 12.3. The van der Waals surface area contributed by atoms with Crippen molar-refractivity contribution in [1.82, 2.24) is 0 Å². The second kappa shape index (κ2) is 6.19. The summed E-state index contributed by atoms with van der Waals surface area (Å²) in [6.07, 6.45) is 0. The van der Waals surface area contributed by atoms with Crippen LogP contribution < -0.4 is 0 Å². The number of esters is 1. The zero-order valence-electron chi connectivity index (χ0n) is 11.4. The molecule has 1 aromatic heterocycles. The summed E-state index contributed by atoms with van der Waals surface area (Å²) in [5.74, 6) is -0.784. The number of nitrogens with zero attached hydrogens (tertiary/aromatic N) is 1. The van der Waals surface area contributed by atoms with Gasteiger partial charge in [-0.25, -0.2) is 4.79 Å². The zero-order chi connectivity index (χ0) is 15.5. The normalized spacial score (nSPS) is 12.2. The maximum Gasteiger partial charge on any atom is 0.359 e. The summed E-state index contributed by atoms with van der Waals surface area (Å²) >= 11 is 1.22. The summed E-state index contributed by atoms with van der Waals surface area (Å²) in [5, 5.41) is 1.73. The highest BCUT2D eigenvalue weighted by Gasteiger charge is 2.21. The Bertz CT molecular complexity index is 760.